The number of rotatable bonds is 6. The summed E-state index contributed by atoms with van der Waals surface area (Å²) in [6, 6.07) is 13.0. The molecule has 4 heterocycles. The van der Waals surface area contributed by atoms with E-state index in [4.69, 9.17) is 18.9 Å². The minimum absolute atomic E-state index is 0.0539. The van der Waals surface area contributed by atoms with Crippen molar-refractivity contribution in [3.63, 3.8) is 0 Å². The SMILES string of the molecule is COc1ccc(OC[C@@H]2COc3ccc(C(=O)N[C@H]4CN5CCC4CC5)cc3O2)cc1. The van der Waals surface area contributed by atoms with Crippen molar-refractivity contribution < 1.29 is 23.7 Å². The Morgan fingerprint density at radius 2 is 1.87 bits per heavy atom. The van der Waals surface area contributed by atoms with Gasteiger partial charge in [-0.2, -0.15) is 0 Å². The van der Waals surface area contributed by atoms with Gasteiger partial charge in [0.05, 0.1) is 7.11 Å². The Morgan fingerprint density at radius 3 is 2.58 bits per heavy atom. The van der Waals surface area contributed by atoms with Crippen molar-refractivity contribution >= 4 is 5.91 Å². The molecule has 4 aliphatic rings. The predicted octanol–water partition coefficient (Wildman–Crippen LogP) is 2.74. The lowest BCUT2D eigenvalue weighted by Crippen LogP contribution is -2.57. The number of ether oxygens (including phenoxy) is 4. The zero-order valence-electron chi connectivity index (χ0n) is 17.7. The van der Waals surface area contributed by atoms with E-state index in [1.54, 1.807) is 25.3 Å². The Balaban J connectivity index is 1.19. The minimum Gasteiger partial charge on any atom is -0.497 e. The van der Waals surface area contributed by atoms with Gasteiger partial charge in [0.2, 0.25) is 0 Å². The molecule has 7 heteroatoms. The Kier molecular flexibility index (Phi) is 5.59. The van der Waals surface area contributed by atoms with Gasteiger partial charge in [0.1, 0.15) is 24.7 Å². The zero-order valence-corrected chi connectivity index (χ0v) is 17.7. The first-order chi connectivity index (χ1) is 15.2. The number of methoxy groups -OCH3 is 1. The van der Waals surface area contributed by atoms with Crippen LogP contribution in [0.15, 0.2) is 42.5 Å². The van der Waals surface area contributed by atoms with Crippen LogP contribution in [-0.2, 0) is 0 Å². The first-order valence-corrected chi connectivity index (χ1v) is 10.9. The Morgan fingerprint density at radius 1 is 1.10 bits per heavy atom. The molecule has 7 nitrogen and oxygen atoms in total. The summed E-state index contributed by atoms with van der Waals surface area (Å²) in [6.45, 7) is 4.00. The highest BCUT2D eigenvalue weighted by atomic mass is 16.6. The fourth-order valence-corrected chi connectivity index (χ4v) is 4.58. The number of nitrogens with one attached hydrogen (secondary N) is 1. The number of piperidine rings is 3. The lowest BCUT2D eigenvalue weighted by molar-refractivity contribution is 0.0530. The van der Waals surface area contributed by atoms with Crippen molar-refractivity contribution in [1.82, 2.24) is 10.2 Å². The third kappa shape index (κ3) is 4.42. The van der Waals surface area contributed by atoms with E-state index in [2.05, 4.69) is 10.2 Å². The van der Waals surface area contributed by atoms with Crippen LogP contribution in [0.4, 0.5) is 0 Å². The van der Waals surface area contributed by atoms with Gasteiger partial charge in [-0.1, -0.05) is 0 Å². The summed E-state index contributed by atoms with van der Waals surface area (Å²) < 4.78 is 22.9. The minimum atomic E-state index is -0.255. The smallest absolute Gasteiger partial charge is 0.251 e. The maximum Gasteiger partial charge on any atom is 0.251 e. The summed E-state index contributed by atoms with van der Waals surface area (Å²) in [6.07, 6.45) is 2.08. The molecule has 2 atom stereocenters. The molecule has 1 N–H and O–H groups in total. The largest absolute Gasteiger partial charge is 0.497 e. The van der Waals surface area contributed by atoms with E-state index >= 15 is 0 Å². The summed E-state index contributed by atoms with van der Waals surface area (Å²) in [5, 5.41) is 3.23. The molecule has 6 rings (SSSR count). The van der Waals surface area contributed by atoms with Crippen molar-refractivity contribution in [1.29, 1.82) is 0 Å². The highest BCUT2D eigenvalue weighted by Gasteiger charge is 2.35. The van der Waals surface area contributed by atoms with Gasteiger partial charge in [-0.25, -0.2) is 0 Å². The van der Waals surface area contributed by atoms with Crippen LogP contribution in [0.1, 0.15) is 23.2 Å². The molecular formula is C24H28N2O5. The van der Waals surface area contributed by atoms with Crippen molar-refractivity contribution in [3.05, 3.63) is 48.0 Å². The van der Waals surface area contributed by atoms with E-state index in [1.807, 2.05) is 24.3 Å². The highest BCUT2D eigenvalue weighted by Crippen LogP contribution is 2.33. The quantitative estimate of drug-likeness (QED) is 0.769. The maximum atomic E-state index is 12.9. The standard InChI is InChI=1S/C24H28N2O5/c1-28-18-3-5-19(6-4-18)29-14-20-15-30-22-7-2-17(12-23(22)31-20)24(27)25-21-13-26-10-8-16(21)9-11-26/h2-7,12,16,20-21H,8-11,13-15H2,1H3,(H,25,27)/t20-,21+/m1/s1. The molecule has 0 aromatic heterocycles. The Bertz CT molecular complexity index is 924. The molecule has 0 aliphatic carbocycles. The molecule has 1 amide bonds. The summed E-state index contributed by atoms with van der Waals surface area (Å²) in [7, 11) is 1.63. The van der Waals surface area contributed by atoms with Crippen LogP contribution >= 0.6 is 0 Å². The molecule has 0 spiro atoms. The second kappa shape index (κ2) is 8.67. The topological polar surface area (TPSA) is 69.3 Å². The molecular weight excluding hydrogens is 396 g/mol. The van der Waals surface area contributed by atoms with Gasteiger partial charge in [0.15, 0.2) is 17.6 Å². The first kappa shape index (κ1) is 20.0. The van der Waals surface area contributed by atoms with E-state index < -0.39 is 0 Å². The second-order valence-corrected chi connectivity index (χ2v) is 8.42. The van der Waals surface area contributed by atoms with E-state index in [1.165, 1.54) is 12.8 Å². The first-order valence-electron chi connectivity index (χ1n) is 10.9. The van der Waals surface area contributed by atoms with Gasteiger partial charge in [0, 0.05) is 18.2 Å². The van der Waals surface area contributed by atoms with E-state index in [9.17, 15) is 4.79 Å². The van der Waals surface area contributed by atoms with Crippen LogP contribution in [0.5, 0.6) is 23.0 Å². The molecule has 0 saturated carbocycles. The molecule has 164 valence electrons. The molecule has 0 radical (unpaired) electrons. The summed E-state index contributed by atoms with van der Waals surface area (Å²) in [4.78, 5) is 15.3. The van der Waals surface area contributed by atoms with Gasteiger partial charge < -0.3 is 29.2 Å². The Hall–Kier alpha value is -2.93. The Labute approximate surface area is 182 Å². The summed E-state index contributed by atoms with van der Waals surface area (Å²) >= 11 is 0. The van der Waals surface area contributed by atoms with Crippen LogP contribution < -0.4 is 24.3 Å². The summed E-state index contributed by atoms with van der Waals surface area (Å²) in [5.74, 6) is 3.28. The molecule has 3 saturated heterocycles. The van der Waals surface area contributed by atoms with Gasteiger partial charge >= 0.3 is 0 Å². The van der Waals surface area contributed by atoms with E-state index in [-0.39, 0.29) is 18.1 Å². The molecule has 4 aliphatic heterocycles. The average molecular weight is 424 g/mol. The number of hydrogen-bond acceptors (Lipinski definition) is 6. The third-order valence-electron chi connectivity index (χ3n) is 6.39. The van der Waals surface area contributed by atoms with E-state index in [0.29, 0.717) is 36.2 Å². The van der Waals surface area contributed by atoms with Crippen molar-refractivity contribution in [3.8, 4) is 23.0 Å². The van der Waals surface area contributed by atoms with Crippen molar-refractivity contribution in [2.75, 3.05) is 40.0 Å². The predicted molar refractivity (Wildman–Crippen MR) is 115 cm³/mol. The molecule has 0 unspecified atom stereocenters. The van der Waals surface area contributed by atoms with Crippen LogP contribution in [0.2, 0.25) is 0 Å². The third-order valence-corrected chi connectivity index (χ3v) is 6.39. The molecule has 2 aromatic carbocycles. The zero-order chi connectivity index (χ0) is 21.2. The highest BCUT2D eigenvalue weighted by molar-refractivity contribution is 5.95. The second-order valence-electron chi connectivity index (χ2n) is 8.42. The number of benzene rings is 2. The number of nitrogens with zero attached hydrogens (tertiary/aromatic N) is 1. The van der Waals surface area contributed by atoms with Crippen molar-refractivity contribution in [2.45, 2.75) is 25.0 Å². The molecule has 3 fully saturated rings. The molecule has 2 aromatic rings. The number of hydrogen-bond donors (Lipinski definition) is 1. The lowest BCUT2D eigenvalue weighted by atomic mass is 9.84. The fourth-order valence-electron chi connectivity index (χ4n) is 4.58. The van der Waals surface area contributed by atoms with Crippen LogP contribution in [0, 0.1) is 5.92 Å². The molecule has 2 bridgehead atoms. The number of fused-ring (bicyclic) bond motifs is 4. The fraction of sp³-hybridized carbons (Fsp3) is 0.458. The van der Waals surface area contributed by atoms with Crippen LogP contribution in [0.3, 0.4) is 0 Å². The van der Waals surface area contributed by atoms with Gasteiger partial charge in [-0.15, -0.1) is 0 Å². The van der Waals surface area contributed by atoms with Crippen LogP contribution in [0.25, 0.3) is 0 Å². The average Bonchev–Trinajstić information content (AvgIpc) is 2.83. The van der Waals surface area contributed by atoms with Crippen molar-refractivity contribution in [2.24, 2.45) is 5.92 Å². The lowest BCUT2D eigenvalue weighted by Gasteiger charge is -2.44. The molecule has 31 heavy (non-hydrogen) atoms. The van der Waals surface area contributed by atoms with Crippen LogP contribution in [-0.4, -0.2) is 62.9 Å². The summed E-state index contributed by atoms with van der Waals surface area (Å²) in [5.41, 5.74) is 0.593. The van der Waals surface area contributed by atoms with Gasteiger partial charge in [-0.05, 0) is 74.3 Å². The van der Waals surface area contributed by atoms with Gasteiger partial charge in [-0.3, -0.25) is 4.79 Å². The van der Waals surface area contributed by atoms with Gasteiger partial charge in [0.25, 0.3) is 5.91 Å². The van der Waals surface area contributed by atoms with E-state index in [0.717, 1.165) is 31.1 Å². The number of carbonyl (C=O) groups excluding carboxylic acids is 1. The normalized spacial score (nSPS) is 26.2. The monoisotopic (exact) mass is 424 g/mol. The number of carbonyl (C=O) groups is 1. The maximum absolute atomic E-state index is 12.9. The number of amides is 1.